The molecule has 0 aromatic carbocycles. The van der Waals surface area contributed by atoms with E-state index in [1.807, 2.05) is 36.4 Å². The van der Waals surface area contributed by atoms with Gasteiger partial charge >= 0.3 is 0 Å². The van der Waals surface area contributed by atoms with Gasteiger partial charge in [0, 0.05) is 36.0 Å². The van der Waals surface area contributed by atoms with E-state index in [2.05, 4.69) is 15.0 Å². The SMILES string of the molecule is O=C(c1cccnc1)C(CCc1ccccn1)c1ccccn1. The summed E-state index contributed by atoms with van der Waals surface area (Å²) >= 11 is 0. The Bertz CT molecular complexity index is 745. The summed E-state index contributed by atoms with van der Waals surface area (Å²) in [6.45, 7) is 0. The number of Topliss-reactive ketones (excluding diaryl/α,β-unsaturated/α-hetero) is 1. The molecule has 0 bridgehead atoms. The largest absolute Gasteiger partial charge is 0.293 e. The molecule has 0 saturated heterocycles. The van der Waals surface area contributed by atoms with Gasteiger partial charge in [0.15, 0.2) is 5.78 Å². The highest BCUT2D eigenvalue weighted by molar-refractivity contribution is 6.00. The van der Waals surface area contributed by atoms with Gasteiger partial charge in [-0.1, -0.05) is 12.1 Å². The molecule has 3 heterocycles. The highest BCUT2D eigenvalue weighted by Gasteiger charge is 2.23. The van der Waals surface area contributed by atoms with Crippen LogP contribution < -0.4 is 0 Å². The Morgan fingerprint density at radius 2 is 1.74 bits per heavy atom. The molecule has 0 amide bonds. The van der Waals surface area contributed by atoms with Crippen LogP contribution in [0.3, 0.4) is 0 Å². The van der Waals surface area contributed by atoms with E-state index in [0.717, 1.165) is 17.8 Å². The maximum atomic E-state index is 12.9. The summed E-state index contributed by atoms with van der Waals surface area (Å²) in [5.41, 5.74) is 2.38. The number of aromatic nitrogens is 3. The molecular weight excluding hydrogens is 286 g/mol. The van der Waals surface area contributed by atoms with E-state index in [0.29, 0.717) is 12.0 Å². The number of carbonyl (C=O) groups excluding carboxylic acids is 1. The first kappa shape index (κ1) is 15.0. The van der Waals surface area contributed by atoms with Crippen LogP contribution in [0.2, 0.25) is 0 Å². The normalized spacial score (nSPS) is 11.8. The van der Waals surface area contributed by atoms with Gasteiger partial charge in [0.2, 0.25) is 0 Å². The first-order chi connectivity index (χ1) is 11.3. The molecule has 3 rings (SSSR count). The Labute approximate surface area is 135 Å². The third-order valence-corrected chi connectivity index (χ3v) is 3.72. The number of aryl methyl sites for hydroxylation is 1. The van der Waals surface area contributed by atoms with Crippen molar-refractivity contribution in [3.63, 3.8) is 0 Å². The van der Waals surface area contributed by atoms with Crippen molar-refractivity contribution < 1.29 is 4.79 Å². The van der Waals surface area contributed by atoms with Crippen LogP contribution in [0.1, 0.15) is 34.1 Å². The summed E-state index contributed by atoms with van der Waals surface area (Å²) in [6, 6.07) is 15.1. The Morgan fingerprint density at radius 1 is 0.913 bits per heavy atom. The van der Waals surface area contributed by atoms with Gasteiger partial charge in [0.05, 0.1) is 11.6 Å². The van der Waals surface area contributed by atoms with Crippen molar-refractivity contribution in [3.8, 4) is 0 Å². The van der Waals surface area contributed by atoms with Gasteiger partial charge < -0.3 is 0 Å². The summed E-state index contributed by atoms with van der Waals surface area (Å²) in [6.07, 6.45) is 8.17. The van der Waals surface area contributed by atoms with Crippen LogP contribution in [0, 0.1) is 0 Å². The summed E-state index contributed by atoms with van der Waals surface area (Å²) in [7, 11) is 0. The lowest BCUT2D eigenvalue weighted by atomic mass is 9.90. The molecule has 0 spiro atoms. The highest BCUT2D eigenvalue weighted by Crippen LogP contribution is 2.24. The molecular formula is C19H17N3O. The van der Waals surface area contributed by atoms with Crippen molar-refractivity contribution in [2.75, 3.05) is 0 Å². The maximum Gasteiger partial charge on any atom is 0.173 e. The Hall–Kier alpha value is -2.88. The van der Waals surface area contributed by atoms with E-state index in [1.165, 1.54) is 0 Å². The van der Waals surface area contributed by atoms with Crippen molar-refractivity contribution in [1.82, 2.24) is 15.0 Å². The number of rotatable bonds is 6. The second-order valence-electron chi connectivity index (χ2n) is 5.27. The van der Waals surface area contributed by atoms with E-state index in [-0.39, 0.29) is 11.7 Å². The van der Waals surface area contributed by atoms with E-state index in [9.17, 15) is 4.79 Å². The van der Waals surface area contributed by atoms with Crippen LogP contribution in [-0.4, -0.2) is 20.7 Å². The maximum absolute atomic E-state index is 12.9. The zero-order chi connectivity index (χ0) is 15.9. The predicted octanol–water partition coefficient (Wildman–Crippen LogP) is 3.47. The topological polar surface area (TPSA) is 55.7 Å². The summed E-state index contributed by atoms with van der Waals surface area (Å²) in [5, 5.41) is 0. The fourth-order valence-electron chi connectivity index (χ4n) is 2.54. The van der Waals surface area contributed by atoms with Gasteiger partial charge in [-0.3, -0.25) is 19.7 Å². The predicted molar refractivity (Wildman–Crippen MR) is 88.1 cm³/mol. The third kappa shape index (κ3) is 3.86. The number of carbonyl (C=O) groups is 1. The Kier molecular flexibility index (Phi) is 4.84. The molecule has 1 atom stereocenters. The third-order valence-electron chi connectivity index (χ3n) is 3.72. The number of hydrogen-bond donors (Lipinski definition) is 0. The molecule has 4 heteroatoms. The fourth-order valence-corrected chi connectivity index (χ4v) is 2.54. The quantitative estimate of drug-likeness (QED) is 0.654. The number of pyridine rings is 3. The molecule has 0 N–H and O–H groups in total. The van der Waals surface area contributed by atoms with Gasteiger partial charge in [0.25, 0.3) is 0 Å². The lowest BCUT2D eigenvalue weighted by Gasteiger charge is -2.15. The standard InChI is InChI=1S/C19H17N3O/c23-19(15-6-5-11-20-14-15)17(18-8-2-4-13-22-18)10-9-16-7-1-3-12-21-16/h1-8,11-14,17H,9-10H2. The monoisotopic (exact) mass is 303 g/mol. The van der Waals surface area contributed by atoms with E-state index in [4.69, 9.17) is 0 Å². The van der Waals surface area contributed by atoms with Crippen LogP contribution in [0.4, 0.5) is 0 Å². The summed E-state index contributed by atoms with van der Waals surface area (Å²) < 4.78 is 0. The fraction of sp³-hybridized carbons (Fsp3) is 0.158. The molecule has 23 heavy (non-hydrogen) atoms. The van der Waals surface area contributed by atoms with Gasteiger partial charge in [-0.05, 0) is 49.2 Å². The van der Waals surface area contributed by atoms with Gasteiger partial charge in [-0.2, -0.15) is 0 Å². The summed E-state index contributed by atoms with van der Waals surface area (Å²) in [4.78, 5) is 25.6. The molecule has 0 saturated carbocycles. The minimum atomic E-state index is -0.289. The number of nitrogens with zero attached hydrogens (tertiary/aromatic N) is 3. The Balaban J connectivity index is 1.84. The molecule has 1 unspecified atom stereocenters. The molecule has 0 aliphatic heterocycles. The smallest absolute Gasteiger partial charge is 0.173 e. The van der Waals surface area contributed by atoms with E-state index >= 15 is 0 Å². The minimum Gasteiger partial charge on any atom is -0.293 e. The van der Waals surface area contributed by atoms with Crippen molar-refractivity contribution >= 4 is 5.78 Å². The van der Waals surface area contributed by atoms with Crippen LogP contribution in [0.25, 0.3) is 0 Å². The van der Waals surface area contributed by atoms with Crippen LogP contribution >= 0.6 is 0 Å². The average molecular weight is 303 g/mol. The second kappa shape index (κ2) is 7.40. The lowest BCUT2D eigenvalue weighted by Crippen LogP contribution is -2.15. The average Bonchev–Trinajstić information content (AvgIpc) is 2.64. The molecule has 4 nitrogen and oxygen atoms in total. The highest BCUT2D eigenvalue weighted by atomic mass is 16.1. The van der Waals surface area contributed by atoms with Crippen LogP contribution in [0.15, 0.2) is 73.3 Å². The van der Waals surface area contributed by atoms with Crippen LogP contribution in [0.5, 0.6) is 0 Å². The summed E-state index contributed by atoms with van der Waals surface area (Å²) in [5.74, 6) is -0.241. The Morgan fingerprint density at radius 3 is 2.39 bits per heavy atom. The van der Waals surface area contributed by atoms with Crippen molar-refractivity contribution in [2.45, 2.75) is 18.8 Å². The second-order valence-corrected chi connectivity index (χ2v) is 5.27. The molecule has 114 valence electrons. The van der Waals surface area contributed by atoms with Gasteiger partial charge in [-0.15, -0.1) is 0 Å². The van der Waals surface area contributed by atoms with E-state index in [1.54, 1.807) is 36.9 Å². The zero-order valence-corrected chi connectivity index (χ0v) is 12.7. The molecule has 3 aromatic heterocycles. The van der Waals surface area contributed by atoms with Crippen molar-refractivity contribution in [2.24, 2.45) is 0 Å². The zero-order valence-electron chi connectivity index (χ0n) is 12.7. The number of hydrogen-bond acceptors (Lipinski definition) is 4. The molecule has 3 aromatic rings. The lowest BCUT2D eigenvalue weighted by molar-refractivity contribution is 0.0953. The minimum absolute atomic E-state index is 0.0488. The van der Waals surface area contributed by atoms with Crippen LogP contribution in [-0.2, 0) is 6.42 Å². The van der Waals surface area contributed by atoms with Gasteiger partial charge in [0.1, 0.15) is 0 Å². The van der Waals surface area contributed by atoms with Crippen molar-refractivity contribution in [3.05, 3.63) is 90.3 Å². The first-order valence-electron chi connectivity index (χ1n) is 7.59. The molecule has 0 aliphatic carbocycles. The molecule has 0 radical (unpaired) electrons. The molecule has 0 aliphatic rings. The van der Waals surface area contributed by atoms with Gasteiger partial charge in [-0.25, -0.2) is 0 Å². The van der Waals surface area contributed by atoms with E-state index < -0.39 is 0 Å². The van der Waals surface area contributed by atoms with Crippen molar-refractivity contribution in [1.29, 1.82) is 0 Å². The molecule has 0 fully saturated rings. The number of ketones is 1. The first-order valence-corrected chi connectivity index (χ1v) is 7.59.